The van der Waals surface area contributed by atoms with Crippen LogP contribution < -0.4 is 0 Å². The largest absolute Gasteiger partial charge is 0.345 e. The molecule has 5 nitrogen and oxygen atoms in total. The van der Waals surface area contributed by atoms with Crippen LogP contribution in [0.15, 0.2) is 12.4 Å². The molecule has 0 bridgehead atoms. The summed E-state index contributed by atoms with van der Waals surface area (Å²) in [6.45, 7) is 9.33. The molecule has 0 unspecified atom stereocenters. The van der Waals surface area contributed by atoms with Gasteiger partial charge in [-0.15, -0.1) is 0 Å². The molecule has 5 heteroatoms. The first-order chi connectivity index (χ1) is 9.67. The first kappa shape index (κ1) is 13.4. The van der Waals surface area contributed by atoms with Crippen molar-refractivity contribution in [2.75, 3.05) is 6.54 Å². The number of aromatic nitrogens is 4. The van der Waals surface area contributed by atoms with Crippen LogP contribution in [-0.2, 0) is 13.1 Å². The number of likely N-dealkylation sites (tertiary alicyclic amines) is 1. The van der Waals surface area contributed by atoms with Crippen LogP contribution in [0.2, 0.25) is 0 Å². The quantitative estimate of drug-likeness (QED) is 0.931. The van der Waals surface area contributed by atoms with E-state index < -0.39 is 0 Å². The molecule has 0 spiro atoms. The lowest BCUT2D eigenvalue weighted by molar-refractivity contribution is 0.240. The summed E-state index contributed by atoms with van der Waals surface area (Å²) in [6.07, 6.45) is 6.53. The van der Waals surface area contributed by atoms with E-state index in [9.17, 15) is 0 Å². The Morgan fingerprint density at radius 3 is 2.90 bits per heavy atom. The second kappa shape index (κ2) is 5.40. The van der Waals surface area contributed by atoms with Gasteiger partial charge in [-0.3, -0.25) is 9.58 Å². The summed E-state index contributed by atoms with van der Waals surface area (Å²) in [5.41, 5.74) is 3.62. The molecule has 1 aliphatic rings. The summed E-state index contributed by atoms with van der Waals surface area (Å²) >= 11 is 0. The number of aromatic amines is 1. The van der Waals surface area contributed by atoms with E-state index in [-0.39, 0.29) is 0 Å². The van der Waals surface area contributed by atoms with Crippen molar-refractivity contribution in [3.8, 4) is 0 Å². The summed E-state index contributed by atoms with van der Waals surface area (Å²) < 4.78 is 2.02. The number of hydrogen-bond acceptors (Lipinski definition) is 3. The fourth-order valence-corrected chi connectivity index (χ4v) is 3.02. The number of nitrogens with zero attached hydrogens (tertiary/aromatic N) is 4. The fourth-order valence-electron chi connectivity index (χ4n) is 3.02. The molecule has 0 aliphatic carbocycles. The minimum Gasteiger partial charge on any atom is -0.345 e. The standard InChI is InChI=1S/C15H23N5/c1-4-20-10-13(12(3)18-20)9-19-7-5-6-14(19)15-16-8-11(2)17-15/h8,10,14H,4-7,9H2,1-3H3,(H,16,17)/t14-/m1/s1. The van der Waals surface area contributed by atoms with Gasteiger partial charge in [-0.25, -0.2) is 4.98 Å². The third-order valence-corrected chi connectivity index (χ3v) is 4.15. The van der Waals surface area contributed by atoms with Gasteiger partial charge in [-0.05, 0) is 40.2 Å². The molecule has 20 heavy (non-hydrogen) atoms. The highest BCUT2D eigenvalue weighted by Crippen LogP contribution is 2.31. The van der Waals surface area contributed by atoms with E-state index in [1.807, 2.05) is 10.9 Å². The molecule has 0 aromatic carbocycles. The van der Waals surface area contributed by atoms with Crippen molar-refractivity contribution >= 4 is 0 Å². The van der Waals surface area contributed by atoms with Gasteiger partial charge in [0.1, 0.15) is 5.82 Å². The van der Waals surface area contributed by atoms with Crippen molar-refractivity contribution in [2.24, 2.45) is 0 Å². The molecule has 0 amide bonds. The Kier molecular flexibility index (Phi) is 3.61. The van der Waals surface area contributed by atoms with Gasteiger partial charge in [0.15, 0.2) is 0 Å². The average molecular weight is 273 g/mol. The van der Waals surface area contributed by atoms with Crippen LogP contribution >= 0.6 is 0 Å². The predicted molar refractivity (Wildman–Crippen MR) is 78.3 cm³/mol. The zero-order valence-corrected chi connectivity index (χ0v) is 12.6. The zero-order chi connectivity index (χ0) is 14.1. The van der Waals surface area contributed by atoms with Crippen LogP contribution in [0.1, 0.15) is 48.6 Å². The fraction of sp³-hybridized carbons (Fsp3) is 0.600. The molecule has 1 atom stereocenters. The molecular formula is C15H23N5. The van der Waals surface area contributed by atoms with Crippen molar-refractivity contribution in [3.05, 3.63) is 35.2 Å². The highest BCUT2D eigenvalue weighted by molar-refractivity contribution is 5.16. The second-order valence-corrected chi connectivity index (χ2v) is 5.68. The van der Waals surface area contributed by atoms with Gasteiger partial charge in [-0.1, -0.05) is 0 Å². The van der Waals surface area contributed by atoms with E-state index in [0.717, 1.165) is 36.8 Å². The van der Waals surface area contributed by atoms with Gasteiger partial charge in [0.25, 0.3) is 0 Å². The number of rotatable bonds is 4. The minimum absolute atomic E-state index is 0.424. The van der Waals surface area contributed by atoms with Gasteiger partial charge in [0, 0.05) is 36.7 Å². The molecule has 0 saturated carbocycles. The highest BCUT2D eigenvalue weighted by atomic mass is 15.3. The van der Waals surface area contributed by atoms with Crippen molar-refractivity contribution in [1.29, 1.82) is 0 Å². The van der Waals surface area contributed by atoms with Crippen LogP contribution in [0, 0.1) is 13.8 Å². The monoisotopic (exact) mass is 273 g/mol. The first-order valence-electron chi connectivity index (χ1n) is 7.46. The van der Waals surface area contributed by atoms with Crippen molar-refractivity contribution < 1.29 is 0 Å². The number of nitrogens with one attached hydrogen (secondary N) is 1. The van der Waals surface area contributed by atoms with E-state index in [0.29, 0.717) is 6.04 Å². The molecular weight excluding hydrogens is 250 g/mol. The van der Waals surface area contributed by atoms with Crippen LogP contribution in [0.4, 0.5) is 0 Å². The highest BCUT2D eigenvalue weighted by Gasteiger charge is 2.28. The molecule has 1 N–H and O–H groups in total. The van der Waals surface area contributed by atoms with Crippen LogP contribution in [0.25, 0.3) is 0 Å². The van der Waals surface area contributed by atoms with Gasteiger partial charge < -0.3 is 4.98 Å². The van der Waals surface area contributed by atoms with Crippen molar-refractivity contribution in [1.82, 2.24) is 24.6 Å². The smallest absolute Gasteiger partial charge is 0.123 e. The lowest BCUT2D eigenvalue weighted by Gasteiger charge is -2.22. The summed E-state index contributed by atoms with van der Waals surface area (Å²) in [5, 5.41) is 4.54. The van der Waals surface area contributed by atoms with Crippen LogP contribution in [0.5, 0.6) is 0 Å². The Morgan fingerprint density at radius 2 is 2.25 bits per heavy atom. The lowest BCUT2D eigenvalue weighted by Crippen LogP contribution is -2.23. The topological polar surface area (TPSA) is 49.7 Å². The van der Waals surface area contributed by atoms with Gasteiger partial charge in [0.05, 0.1) is 11.7 Å². The zero-order valence-electron chi connectivity index (χ0n) is 12.6. The molecule has 108 valence electrons. The summed E-state index contributed by atoms with van der Waals surface area (Å²) in [5.74, 6) is 1.11. The summed E-state index contributed by atoms with van der Waals surface area (Å²) in [7, 11) is 0. The Bertz CT molecular complexity index is 583. The number of imidazole rings is 1. The maximum Gasteiger partial charge on any atom is 0.123 e. The molecule has 2 aromatic heterocycles. The summed E-state index contributed by atoms with van der Waals surface area (Å²) in [6, 6.07) is 0.424. The van der Waals surface area contributed by atoms with Gasteiger partial charge in [-0.2, -0.15) is 5.10 Å². The number of hydrogen-bond donors (Lipinski definition) is 1. The van der Waals surface area contributed by atoms with E-state index in [2.05, 4.69) is 46.9 Å². The summed E-state index contributed by atoms with van der Waals surface area (Å²) in [4.78, 5) is 10.4. The lowest BCUT2D eigenvalue weighted by atomic mass is 10.2. The first-order valence-corrected chi connectivity index (χ1v) is 7.46. The van der Waals surface area contributed by atoms with Crippen LogP contribution in [-0.4, -0.2) is 31.2 Å². The van der Waals surface area contributed by atoms with E-state index >= 15 is 0 Å². The molecule has 3 heterocycles. The number of H-pyrrole nitrogens is 1. The normalized spacial score (nSPS) is 19.9. The predicted octanol–water partition coefficient (Wildman–Crippen LogP) is 2.58. The van der Waals surface area contributed by atoms with E-state index in [1.54, 1.807) is 0 Å². The van der Waals surface area contributed by atoms with Gasteiger partial charge >= 0.3 is 0 Å². The molecule has 1 aliphatic heterocycles. The van der Waals surface area contributed by atoms with Gasteiger partial charge in [0.2, 0.25) is 0 Å². The second-order valence-electron chi connectivity index (χ2n) is 5.68. The van der Waals surface area contributed by atoms with Crippen LogP contribution in [0.3, 0.4) is 0 Å². The Morgan fingerprint density at radius 1 is 1.40 bits per heavy atom. The Labute approximate surface area is 120 Å². The minimum atomic E-state index is 0.424. The van der Waals surface area contributed by atoms with Crippen molar-refractivity contribution in [3.63, 3.8) is 0 Å². The third kappa shape index (κ3) is 2.50. The average Bonchev–Trinajstić information content (AvgIpc) is 3.11. The third-order valence-electron chi connectivity index (χ3n) is 4.15. The Hall–Kier alpha value is -1.62. The van der Waals surface area contributed by atoms with E-state index in [1.165, 1.54) is 18.4 Å². The molecule has 1 fully saturated rings. The molecule has 0 radical (unpaired) electrons. The van der Waals surface area contributed by atoms with Crippen molar-refractivity contribution in [2.45, 2.75) is 52.7 Å². The SMILES string of the molecule is CCn1cc(CN2CCC[C@@H]2c2ncc(C)[nH]2)c(C)n1. The van der Waals surface area contributed by atoms with E-state index in [4.69, 9.17) is 0 Å². The molecule has 3 rings (SSSR count). The maximum absolute atomic E-state index is 4.54. The Balaban J connectivity index is 1.77. The molecule has 1 saturated heterocycles. The number of aryl methyl sites for hydroxylation is 3. The molecule has 2 aromatic rings. The maximum atomic E-state index is 4.54.